The van der Waals surface area contributed by atoms with E-state index in [1.165, 1.54) is 14.2 Å². The molecule has 5 nitrogen and oxygen atoms in total. The van der Waals surface area contributed by atoms with Gasteiger partial charge in [0.25, 0.3) is 0 Å². The van der Waals surface area contributed by atoms with Crippen LogP contribution in [0.5, 0.6) is 0 Å². The van der Waals surface area contributed by atoms with Crippen LogP contribution in [0.15, 0.2) is 0 Å². The van der Waals surface area contributed by atoms with Gasteiger partial charge in [-0.25, -0.2) is 0 Å². The average Bonchev–Trinajstić information content (AvgIpc) is 2.26. The van der Waals surface area contributed by atoms with Crippen LogP contribution in [-0.2, 0) is 14.2 Å². The van der Waals surface area contributed by atoms with Gasteiger partial charge in [0.05, 0.1) is 0 Å². The van der Waals surface area contributed by atoms with Gasteiger partial charge in [-0.1, -0.05) is 0 Å². The maximum absolute atomic E-state index is 9.69. The molecule has 0 unspecified atom stereocenters. The van der Waals surface area contributed by atoms with Crippen LogP contribution in [0.25, 0.3) is 0 Å². The highest BCUT2D eigenvalue weighted by molar-refractivity contribution is 4.85. The molecule has 0 aromatic carbocycles. The van der Waals surface area contributed by atoms with Gasteiger partial charge in [0.2, 0.25) is 5.79 Å². The lowest BCUT2D eigenvalue weighted by Crippen LogP contribution is -2.44. The number of hydrogen-bond acceptors (Lipinski definition) is 5. The number of hydrogen-bond donors (Lipinski definition) is 2. The molecule has 1 aliphatic rings. The normalized spacial score (nSPS) is 42.0. The lowest BCUT2D eigenvalue weighted by Gasteiger charge is -2.26. The summed E-state index contributed by atoms with van der Waals surface area (Å²) < 4.78 is 14.5. The zero-order chi connectivity index (χ0) is 9.19. The third-order valence-electron chi connectivity index (χ3n) is 1.89. The van der Waals surface area contributed by atoms with Crippen molar-refractivity contribution in [2.45, 2.75) is 24.6 Å². The fourth-order valence-electron chi connectivity index (χ4n) is 1.34. The van der Waals surface area contributed by atoms with Gasteiger partial charge in [0.15, 0.2) is 6.29 Å². The number of aliphatic hydroxyl groups excluding tert-OH is 1. The maximum atomic E-state index is 9.69. The van der Waals surface area contributed by atoms with Gasteiger partial charge in [-0.05, 0) is 0 Å². The molecular weight excluding hydrogens is 164 g/mol. The molecule has 1 saturated heterocycles. The predicted molar refractivity (Wildman–Crippen MR) is 39.3 cm³/mol. The fraction of sp³-hybridized carbons (Fsp3) is 1.00. The molecule has 1 aliphatic heterocycles. The molecule has 1 rings (SSSR count). The Bertz CT molecular complexity index is 151. The highest BCUT2D eigenvalue weighted by Crippen LogP contribution is 2.29. The first-order valence-electron chi connectivity index (χ1n) is 3.72. The van der Waals surface area contributed by atoms with Gasteiger partial charge < -0.3 is 24.4 Å². The summed E-state index contributed by atoms with van der Waals surface area (Å²) in [6, 6.07) is 0. The summed E-state index contributed by atoms with van der Waals surface area (Å²) in [5.41, 5.74) is 0. The Hall–Kier alpha value is -0.200. The molecule has 0 aromatic heterocycles. The Kier molecular flexibility index (Phi) is 3.03. The van der Waals surface area contributed by atoms with Crippen molar-refractivity contribution in [1.29, 1.82) is 0 Å². The van der Waals surface area contributed by atoms with Gasteiger partial charge >= 0.3 is 0 Å². The zero-order valence-electron chi connectivity index (χ0n) is 7.19. The molecule has 2 N–H and O–H groups in total. The summed E-state index contributed by atoms with van der Waals surface area (Å²) >= 11 is 0. The van der Waals surface area contributed by atoms with E-state index in [1.54, 1.807) is 0 Å². The van der Waals surface area contributed by atoms with E-state index in [2.05, 4.69) is 0 Å². The maximum Gasteiger partial charge on any atom is 0.219 e. The van der Waals surface area contributed by atoms with Crippen molar-refractivity contribution in [3.63, 3.8) is 0 Å². The molecular formula is C7H14O5. The summed E-state index contributed by atoms with van der Waals surface area (Å²) in [4.78, 5) is 0. The van der Waals surface area contributed by atoms with E-state index in [-0.39, 0.29) is 13.0 Å². The molecule has 12 heavy (non-hydrogen) atoms. The van der Waals surface area contributed by atoms with Crippen molar-refractivity contribution in [2.24, 2.45) is 0 Å². The molecule has 0 bridgehead atoms. The van der Waals surface area contributed by atoms with E-state index in [0.29, 0.717) is 0 Å². The largest absolute Gasteiger partial charge is 0.379 e. The van der Waals surface area contributed by atoms with Crippen molar-refractivity contribution in [2.75, 3.05) is 20.8 Å². The van der Waals surface area contributed by atoms with Crippen LogP contribution in [0.1, 0.15) is 6.42 Å². The lowest BCUT2D eigenvalue weighted by molar-refractivity contribution is -0.277. The van der Waals surface area contributed by atoms with Gasteiger partial charge in [-0.2, -0.15) is 0 Å². The standard InChI is InChI=1S/C7H14O5/c1-10-4-7(9)5(11-2)3-6(8)12-7/h5-6,8-9H,3-4H2,1-2H3/t5-,6-,7-/m1/s1. The number of ether oxygens (including phenoxy) is 3. The Morgan fingerprint density at radius 2 is 2.25 bits per heavy atom. The predicted octanol–water partition coefficient (Wildman–Crippen LogP) is -0.925. The molecule has 0 radical (unpaired) electrons. The molecule has 0 amide bonds. The number of methoxy groups -OCH3 is 2. The zero-order valence-corrected chi connectivity index (χ0v) is 7.19. The lowest BCUT2D eigenvalue weighted by atomic mass is 10.1. The monoisotopic (exact) mass is 178 g/mol. The molecule has 3 atom stereocenters. The van der Waals surface area contributed by atoms with Crippen LogP contribution < -0.4 is 0 Å². The highest BCUT2D eigenvalue weighted by Gasteiger charge is 2.47. The number of rotatable bonds is 3. The van der Waals surface area contributed by atoms with Crippen LogP contribution in [0.3, 0.4) is 0 Å². The van der Waals surface area contributed by atoms with E-state index in [9.17, 15) is 5.11 Å². The summed E-state index contributed by atoms with van der Waals surface area (Å²) in [6.07, 6.45) is -1.25. The minimum absolute atomic E-state index is 0.0113. The molecule has 0 spiro atoms. The van der Waals surface area contributed by atoms with E-state index in [1.807, 2.05) is 0 Å². The molecule has 0 saturated carbocycles. The highest BCUT2D eigenvalue weighted by atomic mass is 16.7. The second kappa shape index (κ2) is 3.68. The van der Waals surface area contributed by atoms with Crippen LogP contribution in [0, 0.1) is 0 Å². The van der Waals surface area contributed by atoms with Crippen LogP contribution in [0.4, 0.5) is 0 Å². The Balaban J connectivity index is 2.60. The average molecular weight is 178 g/mol. The van der Waals surface area contributed by atoms with Crippen molar-refractivity contribution >= 4 is 0 Å². The van der Waals surface area contributed by atoms with Gasteiger partial charge in [-0.15, -0.1) is 0 Å². The Morgan fingerprint density at radius 1 is 1.58 bits per heavy atom. The van der Waals surface area contributed by atoms with E-state index >= 15 is 0 Å². The fourth-order valence-corrected chi connectivity index (χ4v) is 1.34. The Labute approximate surface area is 70.9 Å². The van der Waals surface area contributed by atoms with Crippen molar-refractivity contribution < 1.29 is 24.4 Å². The first-order chi connectivity index (χ1) is 5.62. The minimum Gasteiger partial charge on any atom is -0.379 e. The first-order valence-corrected chi connectivity index (χ1v) is 3.72. The van der Waals surface area contributed by atoms with E-state index in [4.69, 9.17) is 19.3 Å². The second-order valence-electron chi connectivity index (χ2n) is 2.81. The summed E-state index contributed by atoms with van der Waals surface area (Å²) in [5.74, 6) is -1.51. The first kappa shape index (κ1) is 9.88. The van der Waals surface area contributed by atoms with Gasteiger partial charge in [-0.3, -0.25) is 0 Å². The van der Waals surface area contributed by atoms with Crippen LogP contribution in [-0.4, -0.2) is 49.2 Å². The molecule has 72 valence electrons. The summed E-state index contributed by atoms with van der Waals surface area (Å²) in [7, 11) is 2.89. The second-order valence-corrected chi connectivity index (χ2v) is 2.81. The summed E-state index contributed by atoms with van der Waals surface area (Å²) in [5, 5.41) is 18.8. The van der Waals surface area contributed by atoms with Crippen LogP contribution >= 0.6 is 0 Å². The third kappa shape index (κ3) is 1.75. The SMILES string of the molecule is COC[C@@]1(O)O[C@@H](O)C[C@H]1OC. The van der Waals surface area contributed by atoms with Gasteiger partial charge in [0, 0.05) is 20.6 Å². The van der Waals surface area contributed by atoms with Crippen molar-refractivity contribution in [1.82, 2.24) is 0 Å². The smallest absolute Gasteiger partial charge is 0.219 e. The summed E-state index contributed by atoms with van der Waals surface area (Å²) in [6.45, 7) is -0.0113. The molecule has 0 aromatic rings. The Morgan fingerprint density at radius 3 is 2.75 bits per heavy atom. The van der Waals surface area contributed by atoms with Crippen molar-refractivity contribution in [3.05, 3.63) is 0 Å². The third-order valence-corrected chi connectivity index (χ3v) is 1.89. The molecule has 5 heteroatoms. The number of aliphatic hydroxyl groups is 2. The quantitative estimate of drug-likeness (QED) is 0.584. The molecule has 0 aliphatic carbocycles. The molecule has 1 heterocycles. The minimum atomic E-state index is -1.51. The molecule has 1 fully saturated rings. The topological polar surface area (TPSA) is 68.2 Å². The van der Waals surface area contributed by atoms with Crippen LogP contribution in [0.2, 0.25) is 0 Å². The van der Waals surface area contributed by atoms with Crippen molar-refractivity contribution in [3.8, 4) is 0 Å². The van der Waals surface area contributed by atoms with E-state index in [0.717, 1.165) is 0 Å². The van der Waals surface area contributed by atoms with Gasteiger partial charge in [0.1, 0.15) is 12.7 Å². The van der Waals surface area contributed by atoms with E-state index < -0.39 is 18.2 Å².